The fourth-order valence-corrected chi connectivity index (χ4v) is 2.02. The average molecular weight is 217 g/mol. The van der Waals surface area contributed by atoms with Crippen LogP contribution in [-0.2, 0) is 4.79 Å². The zero-order valence-electron chi connectivity index (χ0n) is 9.56. The molecule has 0 N–H and O–H groups in total. The zero-order chi connectivity index (χ0) is 11.7. The molecule has 1 saturated heterocycles. The number of likely N-dealkylation sites (tertiary alicyclic amines) is 1. The number of rotatable bonds is 2. The van der Waals surface area contributed by atoms with E-state index in [-0.39, 0.29) is 11.9 Å². The monoisotopic (exact) mass is 217 g/mol. The van der Waals surface area contributed by atoms with Crippen molar-refractivity contribution in [3.8, 4) is 5.75 Å². The van der Waals surface area contributed by atoms with Crippen LogP contribution < -0.4 is 4.74 Å². The van der Waals surface area contributed by atoms with Gasteiger partial charge in [0.05, 0.1) is 13.2 Å². The summed E-state index contributed by atoms with van der Waals surface area (Å²) in [4.78, 5) is 13.4. The van der Waals surface area contributed by atoms with Gasteiger partial charge in [0.2, 0.25) is 5.91 Å². The van der Waals surface area contributed by atoms with Crippen LogP contribution in [0.25, 0.3) is 0 Å². The molecule has 16 heavy (non-hydrogen) atoms. The summed E-state index contributed by atoms with van der Waals surface area (Å²) in [5, 5.41) is 0. The van der Waals surface area contributed by atoms with Crippen LogP contribution in [-0.4, -0.2) is 25.0 Å². The normalized spacial score (nSPS) is 20.4. The number of nitrogens with zero attached hydrogens (tertiary/aromatic N) is 1. The van der Waals surface area contributed by atoms with Gasteiger partial charge in [-0.3, -0.25) is 4.79 Å². The summed E-state index contributed by atoms with van der Waals surface area (Å²) >= 11 is 0. The van der Waals surface area contributed by atoms with Gasteiger partial charge in [-0.2, -0.15) is 0 Å². The number of carbonyl (C=O) groups is 1. The van der Waals surface area contributed by atoms with Crippen LogP contribution in [0, 0.1) is 0 Å². The maximum absolute atomic E-state index is 11.6. The van der Waals surface area contributed by atoms with Crippen LogP contribution in [0.1, 0.15) is 18.0 Å². The third-order valence-electron chi connectivity index (χ3n) is 3.03. The van der Waals surface area contributed by atoms with Crippen molar-refractivity contribution < 1.29 is 9.53 Å². The van der Waals surface area contributed by atoms with E-state index in [1.807, 2.05) is 31.3 Å². The molecule has 1 fully saturated rings. The van der Waals surface area contributed by atoms with Crippen molar-refractivity contribution in [1.82, 2.24) is 4.90 Å². The van der Waals surface area contributed by atoms with Gasteiger partial charge in [-0.25, -0.2) is 0 Å². The maximum atomic E-state index is 11.6. The first kappa shape index (κ1) is 10.7. The topological polar surface area (TPSA) is 29.5 Å². The van der Waals surface area contributed by atoms with Crippen LogP contribution >= 0.6 is 0 Å². The highest BCUT2D eigenvalue weighted by Crippen LogP contribution is 2.34. The summed E-state index contributed by atoms with van der Waals surface area (Å²) in [5.74, 6) is 0.871. The molecule has 0 radical (unpaired) electrons. The summed E-state index contributed by atoms with van der Waals surface area (Å²) in [6, 6.07) is 7.92. The molecule has 1 aliphatic rings. The van der Waals surface area contributed by atoms with Gasteiger partial charge in [-0.15, -0.1) is 0 Å². The average Bonchev–Trinajstić information content (AvgIpc) is 2.57. The van der Waals surface area contributed by atoms with E-state index in [4.69, 9.17) is 4.74 Å². The first-order chi connectivity index (χ1) is 7.63. The van der Waals surface area contributed by atoms with Crippen LogP contribution in [0.5, 0.6) is 5.75 Å². The summed E-state index contributed by atoms with van der Waals surface area (Å²) < 4.78 is 5.10. The Bertz CT molecular complexity index is 422. The molecule has 3 nitrogen and oxygen atoms in total. The van der Waals surface area contributed by atoms with Crippen molar-refractivity contribution in [1.29, 1.82) is 0 Å². The molecular weight excluding hydrogens is 202 g/mol. The van der Waals surface area contributed by atoms with Gasteiger partial charge in [0.15, 0.2) is 0 Å². The molecule has 2 rings (SSSR count). The number of methoxy groups -OCH3 is 1. The molecule has 0 spiro atoms. The van der Waals surface area contributed by atoms with Gasteiger partial charge in [-0.1, -0.05) is 18.7 Å². The fraction of sp³-hybridized carbons (Fsp3) is 0.308. The third kappa shape index (κ3) is 1.69. The number of ether oxygens (including phenoxy) is 1. The number of likely N-dealkylation sites (N-methyl/N-ethyl adjacent to an activating group) is 1. The van der Waals surface area contributed by atoms with Crippen LogP contribution in [0.2, 0.25) is 0 Å². The van der Waals surface area contributed by atoms with Gasteiger partial charge >= 0.3 is 0 Å². The van der Waals surface area contributed by atoms with E-state index in [1.165, 1.54) is 0 Å². The minimum absolute atomic E-state index is 0.0424. The first-order valence-electron chi connectivity index (χ1n) is 5.22. The Morgan fingerprint density at radius 3 is 2.44 bits per heavy atom. The Morgan fingerprint density at radius 2 is 2.00 bits per heavy atom. The van der Waals surface area contributed by atoms with Gasteiger partial charge in [0, 0.05) is 19.0 Å². The molecule has 84 valence electrons. The molecule has 1 heterocycles. The van der Waals surface area contributed by atoms with Crippen molar-refractivity contribution in [2.45, 2.75) is 12.5 Å². The molecule has 0 saturated carbocycles. The molecule has 1 amide bonds. The van der Waals surface area contributed by atoms with E-state index in [1.54, 1.807) is 12.0 Å². The van der Waals surface area contributed by atoms with E-state index < -0.39 is 0 Å². The van der Waals surface area contributed by atoms with E-state index in [9.17, 15) is 4.79 Å². The predicted octanol–water partition coefficient (Wildman–Crippen LogP) is 2.15. The summed E-state index contributed by atoms with van der Waals surface area (Å²) in [6.07, 6.45) is 0.710. The maximum Gasteiger partial charge on any atom is 0.249 e. The highest BCUT2D eigenvalue weighted by atomic mass is 16.5. The van der Waals surface area contributed by atoms with Crippen molar-refractivity contribution in [3.05, 3.63) is 42.0 Å². The lowest BCUT2D eigenvalue weighted by Gasteiger charge is -2.19. The van der Waals surface area contributed by atoms with Crippen molar-refractivity contribution in [3.63, 3.8) is 0 Å². The lowest BCUT2D eigenvalue weighted by atomic mass is 10.0. The Kier molecular flexibility index (Phi) is 2.69. The van der Waals surface area contributed by atoms with Crippen molar-refractivity contribution in [2.24, 2.45) is 0 Å². The highest BCUT2D eigenvalue weighted by molar-refractivity contribution is 5.95. The molecular formula is C13H15NO2. The Morgan fingerprint density at radius 1 is 1.38 bits per heavy atom. The lowest BCUT2D eigenvalue weighted by molar-refractivity contribution is -0.124. The third-order valence-corrected chi connectivity index (χ3v) is 3.03. The smallest absolute Gasteiger partial charge is 0.249 e. The van der Waals surface area contributed by atoms with Crippen molar-refractivity contribution in [2.75, 3.05) is 14.2 Å². The number of benzene rings is 1. The van der Waals surface area contributed by atoms with E-state index in [0.29, 0.717) is 12.0 Å². The molecule has 3 heteroatoms. The van der Waals surface area contributed by atoms with E-state index >= 15 is 0 Å². The molecule has 1 aromatic carbocycles. The Hall–Kier alpha value is -1.77. The van der Waals surface area contributed by atoms with Gasteiger partial charge < -0.3 is 9.64 Å². The summed E-state index contributed by atoms with van der Waals surface area (Å²) in [7, 11) is 3.46. The second-order valence-electron chi connectivity index (χ2n) is 4.01. The number of hydrogen-bond acceptors (Lipinski definition) is 2. The number of amides is 1. The molecule has 1 aromatic rings. The van der Waals surface area contributed by atoms with E-state index in [0.717, 1.165) is 11.3 Å². The molecule has 0 aromatic heterocycles. The SMILES string of the molecule is C=C1CC(c2ccc(OC)cc2)N(C)C1=O. The largest absolute Gasteiger partial charge is 0.497 e. The molecule has 0 aliphatic carbocycles. The summed E-state index contributed by atoms with van der Waals surface area (Å²) in [5.41, 5.74) is 1.80. The van der Waals surface area contributed by atoms with E-state index in [2.05, 4.69) is 6.58 Å². The number of hydrogen-bond donors (Lipinski definition) is 0. The second kappa shape index (κ2) is 4.00. The predicted molar refractivity (Wildman–Crippen MR) is 62.3 cm³/mol. The number of carbonyl (C=O) groups excluding carboxylic acids is 1. The molecule has 1 unspecified atom stereocenters. The fourth-order valence-electron chi connectivity index (χ4n) is 2.02. The van der Waals surface area contributed by atoms with Gasteiger partial charge in [-0.05, 0) is 17.7 Å². The standard InChI is InChI=1S/C13H15NO2/c1-9-8-12(14(2)13(9)15)10-4-6-11(16-3)7-5-10/h4-7,12H,1,8H2,2-3H3. The summed E-state index contributed by atoms with van der Waals surface area (Å²) in [6.45, 7) is 3.78. The minimum atomic E-state index is 0.0424. The van der Waals surface area contributed by atoms with Crippen molar-refractivity contribution >= 4 is 5.91 Å². The molecule has 0 bridgehead atoms. The Labute approximate surface area is 95.3 Å². The second-order valence-corrected chi connectivity index (χ2v) is 4.01. The van der Waals surface area contributed by atoms with Gasteiger partial charge in [0.1, 0.15) is 5.75 Å². The molecule has 1 atom stereocenters. The van der Waals surface area contributed by atoms with Crippen LogP contribution in [0.15, 0.2) is 36.4 Å². The van der Waals surface area contributed by atoms with Crippen LogP contribution in [0.4, 0.5) is 0 Å². The zero-order valence-corrected chi connectivity index (χ0v) is 9.56. The minimum Gasteiger partial charge on any atom is -0.497 e. The quantitative estimate of drug-likeness (QED) is 0.710. The van der Waals surface area contributed by atoms with Gasteiger partial charge in [0.25, 0.3) is 0 Å². The Balaban J connectivity index is 2.25. The lowest BCUT2D eigenvalue weighted by Crippen LogP contribution is -2.22. The molecule has 1 aliphatic heterocycles. The highest BCUT2D eigenvalue weighted by Gasteiger charge is 2.31. The van der Waals surface area contributed by atoms with Crippen LogP contribution in [0.3, 0.4) is 0 Å². The first-order valence-corrected chi connectivity index (χ1v) is 5.22.